The number of rotatable bonds is 2. The van der Waals surface area contributed by atoms with Gasteiger partial charge in [-0.2, -0.15) is 0 Å². The van der Waals surface area contributed by atoms with E-state index >= 15 is 0 Å². The van der Waals surface area contributed by atoms with Gasteiger partial charge in [0.05, 0.1) is 16.7 Å². The van der Waals surface area contributed by atoms with Crippen LogP contribution in [0.3, 0.4) is 0 Å². The van der Waals surface area contributed by atoms with Gasteiger partial charge in [0.15, 0.2) is 0 Å². The zero-order valence-electron chi connectivity index (χ0n) is 13.6. The van der Waals surface area contributed by atoms with Crippen molar-refractivity contribution < 1.29 is 19.1 Å². The van der Waals surface area contributed by atoms with E-state index < -0.39 is 11.9 Å². The molecular weight excluding hydrogens is 328 g/mol. The van der Waals surface area contributed by atoms with E-state index in [1.54, 1.807) is 30.3 Å². The summed E-state index contributed by atoms with van der Waals surface area (Å²) in [5, 5.41) is 0. The number of hydrogen-bond donors (Lipinski definition) is 0. The number of hydrogen-bond acceptors (Lipinski definition) is 4. The van der Waals surface area contributed by atoms with Gasteiger partial charge >= 0.3 is 11.9 Å². The smallest absolute Gasteiger partial charge is 0.347 e. The van der Waals surface area contributed by atoms with E-state index in [2.05, 4.69) is 34.9 Å². The topological polar surface area (TPSA) is 52.6 Å². The highest BCUT2D eigenvalue weighted by Crippen LogP contribution is 2.30. The predicted molar refractivity (Wildman–Crippen MR) is 96.1 cm³/mol. The Labute approximate surface area is 150 Å². The summed E-state index contributed by atoms with van der Waals surface area (Å²) in [4.78, 5) is 22.8. The molecule has 1 heterocycles. The van der Waals surface area contributed by atoms with Crippen molar-refractivity contribution in [2.45, 2.75) is 0 Å². The number of ether oxygens (including phenoxy) is 2. The number of esters is 2. The van der Waals surface area contributed by atoms with Crippen LogP contribution in [0.15, 0.2) is 66.7 Å². The molecule has 0 bridgehead atoms. The van der Waals surface area contributed by atoms with Crippen LogP contribution in [0.2, 0.25) is 0 Å². The standard InChI is InChI=1S/C16H8O4.C6H4/c1-2-10-5-3-4-6-14(10)19-11-7-8-12-13(9-11)16(18)20-15(12)17;1-2-6-4-3-5(1)6/h1,3-9H;1-4H. The van der Waals surface area contributed by atoms with Gasteiger partial charge in [0.1, 0.15) is 11.5 Å². The van der Waals surface area contributed by atoms with Crippen LogP contribution >= 0.6 is 0 Å². The lowest BCUT2D eigenvalue weighted by Gasteiger charge is -2.10. The molecule has 4 nitrogen and oxygen atoms in total. The van der Waals surface area contributed by atoms with E-state index in [4.69, 9.17) is 11.2 Å². The van der Waals surface area contributed by atoms with E-state index in [0.29, 0.717) is 17.1 Å². The van der Waals surface area contributed by atoms with E-state index in [0.717, 1.165) is 0 Å². The first-order valence-electron chi connectivity index (χ1n) is 7.90. The normalized spacial score (nSPS) is 12.3. The molecule has 1 aliphatic heterocycles. The van der Waals surface area contributed by atoms with Crippen LogP contribution < -0.4 is 4.74 Å². The van der Waals surface area contributed by atoms with Gasteiger partial charge in [-0.3, -0.25) is 0 Å². The number of fused-ring (bicyclic) bond motifs is 2. The molecular formula is C22H12O4. The zero-order chi connectivity index (χ0) is 18.1. The van der Waals surface area contributed by atoms with Gasteiger partial charge < -0.3 is 9.47 Å². The van der Waals surface area contributed by atoms with Crippen LogP contribution in [0, 0.1) is 12.3 Å². The second-order valence-electron chi connectivity index (χ2n) is 5.70. The Hall–Kier alpha value is -3.84. The number of benzene rings is 3. The zero-order valence-corrected chi connectivity index (χ0v) is 13.6. The van der Waals surface area contributed by atoms with Crippen LogP contribution in [-0.2, 0) is 4.74 Å². The average Bonchev–Trinajstić information content (AvgIpc) is 2.93. The van der Waals surface area contributed by atoms with Crippen LogP contribution in [-0.4, -0.2) is 11.9 Å². The van der Waals surface area contributed by atoms with Crippen molar-refractivity contribution in [3.8, 4) is 35.0 Å². The first kappa shape index (κ1) is 15.7. The lowest BCUT2D eigenvalue weighted by Crippen LogP contribution is -1.96. The summed E-state index contributed by atoms with van der Waals surface area (Å²) in [6.45, 7) is 0. The summed E-state index contributed by atoms with van der Waals surface area (Å²) >= 11 is 0. The molecule has 0 unspecified atom stereocenters. The fourth-order valence-electron chi connectivity index (χ4n) is 2.59. The molecule has 0 fully saturated rings. The Balaban J connectivity index is 0.000000233. The van der Waals surface area contributed by atoms with Crippen molar-refractivity contribution in [3.05, 3.63) is 83.4 Å². The first-order valence-corrected chi connectivity index (χ1v) is 7.90. The third kappa shape index (κ3) is 2.72. The minimum absolute atomic E-state index is 0.200. The Kier molecular flexibility index (Phi) is 3.75. The van der Waals surface area contributed by atoms with Crippen LogP contribution in [0.25, 0.3) is 11.1 Å². The Morgan fingerprint density at radius 2 is 1.46 bits per heavy atom. The van der Waals surface area contributed by atoms with Crippen molar-refractivity contribution in [2.24, 2.45) is 0 Å². The maximum atomic E-state index is 11.5. The van der Waals surface area contributed by atoms with Crippen molar-refractivity contribution in [2.75, 3.05) is 0 Å². The highest BCUT2D eigenvalue weighted by molar-refractivity contribution is 6.14. The molecule has 0 spiro atoms. The lowest BCUT2D eigenvalue weighted by molar-refractivity contribution is 0.0443. The quantitative estimate of drug-likeness (QED) is 0.308. The number of carbonyl (C=O) groups is 2. The van der Waals surface area contributed by atoms with Crippen molar-refractivity contribution in [3.63, 3.8) is 0 Å². The minimum Gasteiger partial charge on any atom is -0.456 e. The van der Waals surface area contributed by atoms with Gasteiger partial charge in [0.2, 0.25) is 0 Å². The largest absolute Gasteiger partial charge is 0.456 e. The van der Waals surface area contributed by atoms with Crippen molar-refractivity contribution in [1.82, 2.24) is 0 Å². The van der Waals surface area contributed by atoms with Gasteiger partial charge in [-0.05, 0) is 41.5 Å². The molecule has 0 saturated heterocycles. The third-order valence-electron chi connectivity index (χ3n) is 4.10. The molecule has 124 valence electrons. The maximum Gasteiger partial charge on any atom is 0.347 e. The second kappa shape index (κ2) is 6.23. The van der Waals surface area contributed by atoms with E-state index in [9.17, 15) is 9.59 Å². The fraction of sp³-hybridized carbons (Fsp3) is 0. The summed E-state index contributed by atoms with van der Waals surface area (Å²) in [6, 6.07) is 20.1. The molecule has 0 aromatic heterocycles. The third-order valence-corrected chi connectivity index (χ3v) is 4.10. The molecule has 0 amide bonds. The molecule has 3 aliphatic rings. The van der Waals surface area contributed by atoms with Gasteiger partial charge in [0.25, 0.3) is 0 Å². The molecule has 0 radical (unpaired) electrons. The fourth-order valence-corrected chi connectivity index (χ4v) is 2.59. The summed E-state index contributed by atoms with van der Waals surface area (Å²) < 4.78 is 10.2. The van der Waals surface area contributed by atoms with Crippen LogP contribution in [0.1, 0.15) is 26.3 Å². The van der Waals surface area contributed by atoms with E-state index in [-0.39, 0.29) is 11.1 Å². The van der Waals surface area contributed by atoms with E-state index in [1.165, 1.54) is 23.3 Å². The average molecular weight is 340 g/mol. The molecule has 0 atom stereocenters. The SMILES string of the molecule is C#Cc1ccccc1Oc1ccc2c(c1)C(=O)OC2=O.c1cc2ccc1-2. The van der Waals surface area contributed by atoms with Gasteiger partial charge in [-0.15, -0.1) is 6.42 Å². The number of carbonyl (C=O) groups excluding carboxylic acids is 2. The minimum atomic E-state index is -0.666. The first-order chi connectivity index (χ1) is 12.7. The highest BCUT2D eigenvalue weighted by Gasteiger charge is 2.29. The molecule has 2 aliphatic carbocycles. The van der Waals surface area contributed by atoms with Gasteiger partial charge in [0, 0.05) is 0 Å². The molecule has 0 saturated carbocycles. The van der Waals surface area contributed by atoms with E-state index in [1.807, 2.05) is 0 Å². The predicted octanol–water partition coefficient (Wildman–Crippen LogP) is 4.44. The lowest BCUT2D eigenvalue weighted by atomic mass is 9.95. The summed E-state index contributed by atoms with van der Waals surface area (Å²) in [6.07, 6.45) is 5.39. The molecule has 26 heavy (non-hydrogen) atoms. The maximum absolute atomic E-state index is 11.5. The Morgan fingerprint density at radius 3 is 2.08 bits per heavy atom. The van der Waals surface area contributed by atoms with Gasteiger partial charge in [-0.1, -0.05) is 42.3 Å². The summed E-state index contributed by atoms with van der Waals surface area (Å²) in [7, 11) is 0. The van der Waals surface area contributed by atoms with Crippen LogP contribution in [0.5, 0.6) is 11.5 Å². The molecule has 4 heteroatoms. The summed E-state index contributed by atoms with van der Waals surface area (Å²) in [5.74, 6) is 2.13. The number of terminal acetylenes is 1. The van der Waals surface area contributed by atoms with Gasteiger partial charge in [-0.25, -0.2) is 9.59 Å². The van der Waals surface area contributed by atoms with Crippen molar-refractivity contribution in [1.29, 1.82) is 0 Å². The van der Waals surface area contributed by atoms with Crippen molar-refractivity contribution >= 4 is 11.9 Å². The Bertz CT molecular complexity index is 1050. The monoisotopic (exact) mass is 340 g/mol. The molecule has 5 rings (SSSR count). The number of cyclic esters (lactones) is 2. The summed E-state index contributed by atoms with van der Waals surface area (Å²) in [5.41, 5.74) is 3.90. The molecule has 2 aromatic carbocycles. The number of para-hydroxylation sites is 1. The Morgan fingerprint density at radius 1 is 0.808 bits per heavy atom. The molecule has 0 N–H and O–H groups in total. The molecule has 2 aromatic rings. The second-order valence-corrected chi connectivity index (χ2v) is 5.70. The van der Waals surface area contributed by atoms with Crippen LogP contribution in [0.4, 0.5) is 0 Å². The highest BCUT2D eigenvalue weighted by atomic mass is 16.6.